The Morgan fingerprint density at radius 3 is 2.57 bits per heavy atom. The van der Waals surface area contributed by atoms with Crippen LogP contribution in [-0.2, 0) is 47.9 Å². The number of hydrogen-bond acceptors (Lipinski definition) is 7. The molecule has 0 radical (unpaired) electrons. The molecule has 5 atom stereocenters. The maximum Gasteiger partial charge on any atom is 0.416 e. The molecular weight excluding hydrogens is 553 g/mol. The van der Waals surface area contributed by atoms with Crippen molar-refractivity contribution in [3.05, 3.63) is 70.8 Å². The van der Waals surface area contributed by atoms with Gasteiger partial charge in [-0.25, -0.2) is 0 Å². The van der Waals surface area contributed by atoms with Crippen LogP contribution in [0.5, 0.6) is 0 Å². The van der Waals surface area contributed by atoms with E-state index in [0.717, 1.165) is 30.5 Å². The maximum atomic E-state index is 13.9. The Bertz CT molecular complexity index is 1290. The first-order valence-corrected chi connectivity index (χ1v) is 14.1. The largest absolute Gasteiger partial charge is 0.416 e. The van der Waals surface area contributed by atoms with Gasteiger partial charge in [-0.3, -0.25) is 4.79 Å². The van der Waals surface area contributed by atoms with Crippen molar-refractivity contribution in [1.82, 2.24) is 5.32 Å². The summed E-state index contributed by atoms with van der Waals surface area (Å²) in [6.45, 7) is 4.46. The first-order valence-electron chi connectivity index (χ1n) is 14.1. The van der Waals surface area contributed by atoms with E-state index < -0.39 is 47.3 Å². The highest BCUT2D eigenvalue weighted by Crippen LogP contribution is 2.44. The van der Waals surface area contributed by atoms with Crippen LogP contribution < -0.4 is 5.32 Å². The lowest BCUT2D eigenvalue weighted by Crippen LogP contribution is -2.60. The molecule has 0 aromatic heterocycles. The lowest BCUT2D eigenvalue weighted by atomic mass is 9.78. The van der Waals surface area contributed by atoms with Crippen LogP contribution in [0.3, 0.4) is 0 Å². The zero-order valence-electron chi connectivity index (χ0n) is 23.6. The Hall–Kier alpha value is -3.01. The second-order valence-electron chi connectivity index (χ2n) is 11.5. The van der Waals surface area contributed by atoms with E-state index >= 15 is 0 Å². The molecule has 5 rings (SSSR count). The standard InChI is InChI=1S/C31H35F3N2O6/c1-29(2)41-26-15-30(28(37)36-17-24-7-4-12-38-24,40-19-22-5-3-6-23(13-22)31(32,33)34)14-25(27(26)42-29)39-18-21-10-8-20(16-35)9-11-21/h3,5-6,8-11,13,24-27H,4,7,12,14-15,17-19H2,1-2H3,(H,36,37)/t24?,25?,26-,27+,30-/m1/s1. The van der Waals surface area contributed by atoms with Gasteiger partial charge in [0.15, 0.2) is 11.4 Å². The summed E-state index contributed by atoms with van der Waals surface area (Å²) >= 11 is 0. The highest BCUT2D eigenvalue weighted by Gasteiger charge is 2.58. The fourth-order valence-corrected chi connectivity index (χ4v) is 5.82. The number of nitrogens with zero attached hydrogens (tertiary/aromatic N) is 1. The van der Waals surface area contributed by atoms with Gasteiger partial charge in [0, 0.05) is 26.0 Å². The van der Waals surface area contributed by atoms with Crippen molar-refractivity contribution in [3.8, 4) is 6.07 Å². The quantitative estimate of drug-likeness (QED) is 0.439. The number of carbonyl (C=O) groups excluding carboxylic acids is 1. The Morgan fingerprint density at radius 1 is 1.10 bits per heavy atom. The SMILES string of the molecule is CC1(C)O[C@@H]2C[C@@](OCc3cccc(C(F)(F)F)c3)(C(=O)NCC3CCCO3)CC(OCc3ccc(C#N)cc3)[C@@H]2O1. The summed E-state index contributed by atoms with van der Waals surface area (Å²) in [4.78, 5) is 13.9. The van der Waals surface area contributed by atoms with E-state index in [4.69, 9.17) is 28.9 Å². The number of hydrogen-bond donors (Lipinski definition) is 1. The number of fused-ring (bicyclic) bond motifs is 1. The average Bonchev–Trinajstić information content (AvgIpc) is 3.59. The van der Waals surface area contributed by atoms with E-state index in [2.05, 4.69) is 11.4 Å². The number of nitriles is 1. The van der Waals surface area contributed by atoms with Crippen LogP contribution in [0.2, 0.25) is 0 Å². The first-order chi connectivity index (χ1) is 20.0. The van der Waals surface area contributed by atoms with Gasteiger partial charge in [0.25, 0.3) is 5.91 Å². The number of ether oxygens (including phenoxy) is 5. The van der Waals surface area contributed by atoms with E-state index in [-0.39, 0.29) is 37.7 Å². The third-order valence-electron chi connectivity index (χ3n) is 7.89. The molecule has 2 heterocycles. The minimum absolute atomic E-state index is 0.0974. The molecule has 2 saturated heterocycles. The predicted octanol–water partition coefficient (Wildman–Crippen LogP) is 5.03. The number of alkyl halides is 3. The highest BCUT2D eigenvalue weighted by molar-refractivity contribution is 5.85. The average molecular weight is 589 g/mol. The van der Waals surface area contributed by atoms with E-state index in [1.165, 1.54) is 12.1 Å². The fourth-order valence-electron chi connectivity index (χ4n) is 5.82. The van der Waals surface area contributed by atoms with Gasteiger partial charge < -0.3 is 29.0 Å². The number of carbonyl (C=O) groups is 1. The van der Waals surface area contributed by atoms with Crippen LogP contribution >= 0.6 is 0 Å². The Labute approximate surface area is 243 Å². The first kappa shape index (κ1) is 30.4. The number of rotatable bonds is 9. The number of nitrogens with one attached hydrogen (secondary N) is 1. The highest BCUT2D eigenvalue weighted by atomic mass is 19.4. The molecule has 2 unspecified atom stereocenters. The number of benzene rings is 2. The van der Waals surface area contributed by atoms with Crippen LogP contribution in [0.25, 0.3) is 0 Å². The minimum Gasteiger partial charge on any atom is -0.376 e. The van der Waals surface area contributed by atoms with Gasteiger partial charge in [-0.1, -0.05) is 24.3 Å². The van der Waals surface area contributed by atoms with Crippen molar-refractivity contribution >= 4 is 5.91 Å². The summed E-state index contributed by atoms with van der Waals surface area (Å²) in [6, 6.07) is 13.9. The molecule has 2 aromatic rings. The minimum atomic E-state index is -4.50. The molecule has 0 spiro atoms. The number of amides is 1. The second-order valence-corrected chi connectivity index (χ2v) is 11.5. The van der Waals surface area contributed by atoms with E-state index in [9.17, 15) is 18.0 Å². The zero-order valence-corrected chi connectivity index (χ0v) is 23.6. The molecule has 11 heteroatoms. The van der Waals surface area contributed by atoms with Crippen LogP contribution in [0.15, 0.2) is 48.5 Å². The molecule has 3 aliphatic rings. The summed E-state index contributed by atoms with van der Waals surface area (Å²) in [5, 5.41) is 12.1. The van der Waals surface area contributed by atoms with Gasteiger partial charge in [0.2, 0.25) is 0 Å². The molecule has 226 valence electrons. The van der Waals surface area contributed by atoms with Gasteiger partial charge in [-0.05, 0) is 62.1 Å². The Kier molecular flexibility index (Phi) is 8.92. The molecular formula is C31H35F3N2O6. The summed E-state index contributed by atoms with van der Waals surface area (Å²) in [6.07, 6.45) is -4.33. The smallest absolute Gasteiger partial charge is 0.376 e. The van der Waals surface area contributed by atoms with Crippen molar-refractivity contribution in [1.29, 1.82) is 5.26 Å². The maximum absolute atomic E-state index is 13.9. The van der Waals surface area contributed by atoms with E-state index in [1.54, 1.807) is 38.1 Å². The third-order valence-corrected chi connectivity index (χ3v) is 7.89. The second kappa shape index (κ2) is 12.3. The molecule has 42 heavy (non-hydrogen) atoms. The van der Waals surface area contributed by atoms with Crippen LogP contribution in [0, 0.1) is 11.3 Å². The van der Waals surface area contributed by atoms with Crippen LogP contribution in [0.1, 0.15) is 61.8 Å². The van der Waals surface area contributed by atoms with Crippen molar-refractivity contribution in [3.63, 3.8) is 0 Å². The molecule has 8 nitrogen and oxygen atoms in total. The van der Waals surface area contributed by atoms with Crippen molar-refractivity contribution in [2.75, 3.05) is 13.2 Å². The Balaban J connectivity index is 1.40. The van der Waals surface area contributed by atoms with Crippen molar-refractivity contribution in [2.24, 2.45) is 0 Å². The lowest BCUT2D eigenvalue weighted by Gasteiger charge is -2.43. The van der Waals surface area contributed by atoms with Gasteiger partial charge in [-0.2, -0.15) is 18.4 Å². The van der Waals surface area contributed by atoms with Crippen molar-refractivity contribution in [2.45, 2.75) is 94.7 Å². The Morgan fingerprint density at radius 2 is 1.88 bits per heavy atom. The molecule has 2 aliphatic heterocycles. The molecule has 2 aromatic carbocycles. The normalized spacial score (nSPS) is 28.7. The number of halogens is 3. The topological polar surface area (TPSA) is 99.0 Å². The van der Waals surface area contributed by atoms with Gasteiger partial charge >= 0.3 is 6.18 Å². The molecule has 1 amide bonds. The molecule has 1 aliphatic carbocycles. The summed E-state index contributed by atoms with van der Waals surface area (Å²) in [7, 11) is 0. The summed E-state index contributed by atoms with van der Waals surface area (Å²) < 4.78 is 70.8. The summed E-state index contributed by atoms with van der Waals surface area (Å²) in [5.41, 5.74) is -0.616. The van der Waals surface area contributed by atoms with Crippen molar-refractivity contribution < 1.29 is 41.7 Å². The van der Waals surface area contributed by atoms with Gasteiger partial charge in [0.05, 0.1) is 48.7 Å². The summed E-state index contributed by atoms with van der Waals surface area (Å²) in [5.74, 6) is -1.33. The zero-order chi connectivity index (χ0) is 30.0. The predicted molar refractivity (Wildman–Crippen MR) is 144 cm³/mol. The van der Waals surface area contributed by atoms with Gasteiger partial charge in [-0.15, -0.1) is 0 Å². The van der Waals surface area contributed by atoms with Crippen LogP contribution in [0.4, 0.5) is 13.2 Å². The lowest BCUT2D eigenvalue weighted by molar-refractivity contribution is -0.183. The van der Waals surface area contributed by atoms with E-state index in [1.807, 2.05) is 0 Å². The molecule has 3 fully saturated rings. The molecule has 1 N–H and O–H groups in total. The molecule has 1 saturated carbocycles. The van der Waals surface area contributed by atoms with Gasteiger partial charge in [0.1, 0.15) is 6.10 Å². The molecule has 0 bridgehead atoms. The monoisotopic (exact) mass is 588 g/mol. The van der Waals surface area contributed by atoms with E-state index in [0.29, 0.717) is 18.7 Å². The fraction of sp³-hybridized carbons (Fsp3) is 0.548. The van der Waals surface area contributed by atoms with Crippen LogP contribution in [-0.4, -0.2) is 54.9 Å². The third kappa shape index (κ3) is 7.13.